The number of carbonyl (C=O) groups excluding carboxylic acids is 1. The van der Waals surface area contributed by atoms with Crippen LogP contribution in [-0.4, -0.2) is 40.6 Å². The molecular formula is C11H18N6O2. The van der Waals surface area contributed by atoms with Crippen molar-refractivity contribution in [3.8, 4) is 6.01 Å². The summed E-state index contributed by atoms with van der Waals surface area (Å²) in [6, 6.07) is 0.194. The van der Waals surface area contributed by atoms with Gasteiger partial charge in [0.2, 0.25) is 17.8 Å². The summed E-state index contributed by atoms with van der Waals surface area (Å²) < 4.78 is 5.16. The smallest absolute Gasteiger partial charge is 0.323 e. The van der Waals surface area contributed by atoms with Gasteiger partial charge in [-0.25, -0.2) is 0 Å². The standard InChI is InChI=1S/C11H18N6O2/c1-2-19-11-16-9(12)15-10(17-11)14-6-5-13-8(18)7-3-4-7/h7H,2-6H2,1H3,(H,13,18)(H3,12,14,15,16,17). The molecule has 0 spiro atoms. The van der Waals surface area contributed by atoms with Gasteiger partial charge in [0.25, 0.3) is 0 Å². The van der Waals surface area contributed by atoms with E-state index in [1.165, 1.54) is 0 Å². The summed E-state index contributed by atoms with van der Waals surface area (Å²) in [5.74, 6) is 0.781. The molecule has 8 nitrogen and oxygen atoms in total. The van der Waals surface area contributed by atoms with Gasteiger partial charge in [0.15, 0.2) is 0 Å². The van der Waals surface area contributed by atoms with Gasteiger partial charge in [-0.2, -0.15) is 15.0 Å². The Kier molecular flexibility index (Phi) is 4.32. The highest BCUT2D eigenvalue weighted by atomic mass is 16.5. The van der Waals surface area contributed by atoms with E-state index in [0.29, 0.717) is 25.6 Å². The number of rotatable bonds is 7. The van der Waals surface area contributed by atoms with Crippen molar-refractivity contribution in [1.82, 2.24) is 20.3 Å². The van der Waals surface area contributed by atoms with Crippen LogP contribution in [-0.2, 0) is 4.79 Å². The van der Waals surface area contributed by atoms with E-state index in [1.807, 2.05) is 6.92 Å². The van der Waals surface area contributed by atoms with Gasteiger partial charge in [0.1, 0.15) is 0 Å². The zero-order valence-corrected chi connectivity index (χ0v) is 10.8. The molecule has 0 saturated heterocycles. The minimum absolute atomic E-state index is 0.1000. The van der Waals surface area contributed by atoms with Gasteiger partial charge < -0.3 is 21.1 Å². The maximum atomic E-state index is 11.4. The fourth-order valence-electron chi connectivity index (χ4n) is 1.49. The van der Waals surface area contributed by atoms with Crippen LogP contribution in [0.4, 0.5) is 11.9 Å². The zero-order chi connectivity index (χ0) is 13.7. The minimum Gasteiger partial charge on any atom is -0.464 e. The second-order valence-electron chi connectivity index (χ2n) is 4.22. The number of ether oxygens (including phenoxy) is 1. The highest BCUT2D eigenvalue weighted by molar-refractivity contribution is 5.80. The van der Waals surface area contributed by atoms with Crippen LogP contribution in [0.15, 0.2) is 0 Å². The zero-order valence-electron chi connectivity index (χ0n) is 10.8. The summed E-state index contributed by atoms with van der Waals surface area (Å²) in [5, 5.41) is 5.80. The van der Waals surface area contributed by atoms with E-state index < -0.39 is 0 Å². The molecule has 2 rings (SSSR count). The first-order chi connectivity index (χ1) is 9.19. The Morgan fingerprint density at radius 3 is 2.84 bits per heavy atom. The largest absolute Gasteiger partial charge is 0.464 e. The summed E-state index contributed by atoms with van der Waals surface area (Å²) >= 11 is 0. The van der Waals surface area contributed by atoms with E-state index in [-0.39, 0.29) is 23.8 Å². The van der Waals surface area contributed by atoms with Crippen LogP contribution in [0.2, 0.25) is 0 Å². The fourth-order valence-corrected chi connectivity index (χ4v) is 1.49. The average Bonchev–Trinajstić information content (AvgIpc) is 3.18. The van der Waals surface area contributed by atoms with Crippen molar-refractivity contribution in [1.29, 1.82) is 0 Å². The first-order valence-electron chi connectivity index (χ1n) is 6.35. The number of nitrogen functional groups attached to an aromatic ring is 1. The molecule has 0 unspecified atom stereocenters. The topological polar surface area (TPSA) is 115 Å². The average molecular weight is 266 g/mol. The third-order valence-electron chi connectivity index (χ3n) is 2.56. The number of anilines is 2. The molecule has 8 heteroatoms. The first-order valence-corrected chi connectivity index (χ1v) is 6.35. The predicted molar refractivity (Wildman–Crippen MR) is 69.6 cm³/mol. The summed E-state index contributed by atoms with van der Waals surface area (Å²) in [5.41, 5.74) is 5.54. The molecule has 1 heterocycles. The Hall–Kier alpha value is -2.12. The van der Waals surface area contributed by atoms with Crippen molar-refractivity contribution in [3.05, 3.63) is 0 Å². The Labute approximate surface area is 111 Å². The maximum Gasteiger partial charge on any atom is 0.323 e. The molecule has 0 aliphatic heterocycles. The molecule has 1 fully saturated rings. The van der Waals surface area contributed by atoms with E-state index >= 15 is 0 Å². The Balaban J connectivity index is 1.76. The molecule has 0 radical (unpaired) electrons. The second kappa shape index (κ2) is 6.17. The van der Waals surface area contributed by atoms with Gasteiger partial charge in [-0.3, -0.25) is 4.79 Å². The van der Waals surface area contributed by atoms with Crippen LogP contribution >= 0.6 is 0 Å². The summed E-state index contributed by atoms with van der Waals surface area (Å²) in [4.78, 5) is 23.2. The van der Waals surface area contributed by atoms with Gasteiger partial charge in [-0.15, -0.1) is 0 Å². The Morgan fingerprint density at radius 1 is 1.37 bits per heavy atom. The third kappa shape index (κ3) is 4.23. The molecule has 0 aromatic carbocycles. The second-order valence-corrected chi connectivity index (χ2v) is 4.22. The normalized spacial score (nSPS) is 13.9. The highest BCUT2D eigenvalue weighted by Gasteiger charge is 2.28. The van der Waals surface area contributed by atoms with E-state index in [2.05, 4.69) is 25.6 Å². The van der Waals surface area contributed by atoms with Crippen LogP contribution < -0.4 is 21.1 Å². The molecule has 0 atom stereocenters. The van der Waals surface area contributed by atoms with Gasteiger partial charge >= 0.3 is 6.01 Å². The quantitative estimate of drug-likeness (QED) is 0.585. The molecule has 19 heavy (non-hydrogen) atoms. The van der Waals surface area contributed by atoms with Gasteiger partial charge in [0.05, 0.1) is 6.61 Å². The first kappa shape index (κ1) is 13.3. The monoisotopic (exact) mass is 266 g/mol. The predicted octanol–water partition coefficient (Wildman–Crippen LogP) is -0.209. The number of nitrogens with one attached hydrogen (secondary N) is 2. The lowest BCUT2D eigenvalue weighted by Gasteiger charge is -2.08. The van der Waals surface area contributed by atoms with E-state index in [1.54, 1.807) is 0 Å². The summed E-state index contributed by atoms with van der Waals surface area (Å²) in [7, 11) is 0. The number of carbonyl (C=O) groups is 1. The van der Waals surface area contributed by atoms with E-state index in [4.69, 9.17) is 10.5 Å². The van der Waals surface area contributed by atoms with Crippen LogP contribution in [0.1, 0.15) is 19.8 Å². The van der Waals surface area contributed by atoms with Crippen molar-refractivity contribution < 1.29 is 9.53 Å². The third-order valence-corrected chi connectivity index (χ3v) is 2.56. The van der Waals surface area contributed by atoms with Crippen molar-refractivity contribution in [3.63, 3.8) is 0 Å². The number of amides is 1. The number of nitrogens with zero attached hydrogens (tertiary/aromatic N) is 3. The van der Waals surface area contributed by atoms with Crippen molar-refractivity contribution in [2.24, 2.45) is 5.92 Å². The lowest BCUT2D eigenvalue weighted by molar-refractivity contribution is -0.122. The van der Waals surface area contributed by atoms with Crippen LogP contribution in [0.3, 0.4) is 0 Å². The van der Waals surface area contributed by atoms with Crippen LogP contribution in [0, 0.1) is 5.92 Å². The molecule has 1 aliphatic rings. The van der Waals surface area contributed by atoms with Gasteiger partial charge in [0, 0.05) is 19.0 Å². The van der Waals surface area contributed by atoms with E-state index in [9.17, 15) is 4.79 Å². The van der Waals surface area contributed by atoms with Crippen LogP contribution in [0.25, 0.3) is 0 Å². The molecule has 4 N–H and O–H groups in total. The van der Waals surface area contributed by atoms with Gasteiger partial charge in [-0.05, 0) is 19.8 Å². The van der Waals surface area contributed by atoms with Crippen molar-refractivity contribution in [2.45, 2.75) is 19.8 Å². The molecular weight excluding hydrogens is 248 g/mol. The molecule has 1 aliphatic carbocycles. The summed E-state index contributed by atoms with van der Waals surface area (Å²) in [6.45, 7) is 3.33. The summed E-state index contributed by atoms with van der Waals surface area (Å²) in [6.07, 6.45) is 2.00. The number of aromatic nitrogens is 3. The molecule has 1 aromatic rings. The van der Waals surface area contributed by atoms with Gasteiger partial charge in [-0.1, -0.05) is 0 Å². The van der Waals surface area contributed by atoms with E-state index in [0.717, 1.165) is 12.8 Å². The Bertz CT molecular complexity index is 449. The molecule has 1 saturated carbocycles. The number of hydrogen-bond acceptors (Lipinski definition) is 7. The fraction of sp³-hybridized carbons (Fsp3) is 0.636. The van der Waals surface area contributed by atoms with Crippen molar-refractivity contribution >= 4 is 17.8 Å². The highest BCUT2D eigenvalue weighted by Crippen LogP contribution is 2.28. The maximum absolute atomic E-state index is 11.4. The van der Waals surface area contributed by atoms with Crippen molar-refractivity contribution in [2.75, 3.05) is 30.7 Å². The lowest BCUT2D eigenvalue weighted by atomic mass is 10.4. The molecule has 1 aromatic heterocycles. The lowest BCUT2D eigenvalue weighted by Crippen LogP contribution is -2.30. The molecule has 104 valence electrons. The molecule has 0 bridgehead atoms. The van der Waals surface area contributed by atoms with Crippen LogP contribution in [0.5, 0.6) is 6.01 Å². The minimum atomic E-state index is 0.1000. The number of nitrogens with two attached hydrogens (primary N) is 1. The SMILES string of the molecule is CCOc1nc(N)nc(NCCNC(=O)C2CC2)n1. The molecule has 1 amide bonds. The number of hydrogen-bond donors (Lipinski definition) is 3. The Morgan fingerprint density at radius 2 is 2.16 bits per heavy atom.